The van der Waals surface area contributed by atoms with Crippen molar-refractivity contribution in [3.05, 3.63) is 16.1 Å². The number of nitrogens with one attached hydrogen (secondary N) is 1. The summed E-state index contributed by atoms with van der Waals surface area (Å²) in [4.78, 5) is 4.38. The first-order chi connectivity index (χ1) is 6.33. The minimum atomic E-state index is 0.923. The van der Waals surface area contributed by atoms with E-state index in [0.717, 1.165) is 18.8 Å². The summed E-state index contributed by atoms with van der Waals surface area (Å²) in [5.74, 6) is 1.24. The second kappa shape index (κ2) is 6.40. The van der Waals surface area contributed by atoms with Gasteiger partial charge in [0.15, 0.2) is 0 Å². The lowest BCUT2D eigenvalue weighted by Crippen LogP contribution is -2.15. The molecule has 4 heteroatoms. The molecule has 0 aliphatic carbocycles. The van der Waals surface area contributed by atoms with Crippen LogP contribution in [0, 0.1) is 6.92 Å². The van der Waals surface area contributed by atoms with Crippen molar-refractivity contribution in [2.45, 2.75) is 19.9 Å². The molecule has 1 aromatic rings. The maximum absolute atomic E-state index is 4.38. The van der Waals surface area contributed by atoms with Crippen LogP contribution in [0.25, 0.3) is 0 Å². The second-order valence-corrected chi connectivity index (χ2v) is 4.83. The van der Waals surface area contributed by atoms with E-state index < -0.39 is 0 Å². The average molecular weight is 216 g/mol. The number of thiazole rings is 1. The van der Waals surface area contributed by atoms with Gasteiger partial charge in [-0.15, -0.1) is 11.3 Å². The van der Waals surface area contributed by atoms with E-state index in [1.54, 1.807) is 11.3 Å². The fourth-order valence-corrected chi connectivity index (χ4v) is 2.20. The zero-order valence-corrected chi connectivity index (χ0v) is 9.80. The lowest BCUT2D eigenvalue weighted by Gasteiger charge is -2.00. The summed E-state index contributed by atoms with van der Waals surface area (Å²) < 4.78 is 0. The number of aryl methyl sites for hydroxylation is 1. The Bertz CT molecular complexity index is 235. The predicted molar refractivity (Wildman–Crippen MR) is 61.6 cm³/mol. The van der Waals surface area contributed by atoms with E-state index in [9.17, 15) is 0 Å². The van der Waals surface area contributed by atoms with Gasteiger partial charge in [0, 0.05) is 17.6 Å². The first-order valence-corrected chi connectivity index (χ1v) is 6.71. The normalized spacial score (nSPS) is 10.6. The van der Waals surface area contributed by atoms with Crippen molar-refractivity contribution in [2.24, 2.45) is 0 Å². The molecule has 0 radical (unpaired) electrons. The van der Waals surface area contributed by atoms with Gasteiger partial charge in [-0.05, 0) is 31.9 Å². The molecule has 0 saturated carbocycles. The van der Waals surface area contributed by atoms with Crippen LogP contribution in [0.15, 0.2) is 5.38 Å². The molecule has 74 valence electrons. The van der Waals surface area contributed by atoms with Gasteiger partial charge in [0.25, 0.3) is 0 Å². The van der Waals surface area contributed by atoms with E-state index in [-0.39, 0.29) is 0 Å². The maximum atomic E-state index is 4.38. The summed E-state index contributed by atoms with van der Waals surface area (Å²) >= 11 is 3.63. The number of aromatic nitrogens is 1. The number of nitrogens with zero attached hydrogens (tertiary/aromatic N) is 1. The van der Waals surface area contributed by atoms with Crippen LogP contribution in [0.4, 0.5) is 0 Å². The van der Waals surface area contributed by atoms with E-state index in [4.69, 9.17) is 0 Å². The van der Waals surface area contributed by atoms with Crippen LogP contribution < -0.4 is 5.32 Å². The van der Waals surface area contributed by atoms with Crippen LogP contribution in [-0.4, -0.2) is 23.5 Å². The van der Waals surface area contributed by atoms with Gasteiger partial charge < -0.3 is 5.32 Å². The minimum absolute atomic E-state index is 0.923. The molecular formula is C9H16N2S2. The fraction of sp³-hybridized carbons (Fsp3) is 0.667. The van der Waals surface area contributed by atoms with Crippen molar-refractivity contribution < 1.29 is 0 Å². The average Bonchev–Trinajstić information content (AvgIpc) is 2.51. The Morgan fingerprint density at radius 3 is 3.08 bits per heavy atom. The summed E-state index contributed by atoms with van der Waals surface area (Å²) in [5, 5.41) is 6.68. The topological polar surface area (TPSA) is 24.9 Å². The molecule has 13 heavy (non-hydrogen) atoms. The standard InChI is InChI=1S/C9H16N2S2/c1-8-7-13-9(11-8)6-10-4-3-5-12-2/h7,10H,3-6H2,1-2H3. The molecule has 0 bridgehead atoms. The monoisotopic (exact) mass is 216 g/mol. The molecule has 1 heterocycles. The Morgan fingerprint density at radius 1 is 1.62 bits per heavy atom. The highest BCUT2D eigenvalue weighted by Gasteiger charge is 1.96. The highest BCUT2D eigenvalue weighted by Crippen LogP contribution is 2.07. The van der Waals surface area contributed by atoms with Gasteiger partial charge in [0.05, 0.1) is 0 Å². The Kier molecular flexibility index (Phi) is 5.43. The van der Waals surface area contributed by atoms with E-state index >= 15 is 0 Å². The molecule has 1 rings (SSSR count). The molecule has 0 saturated heterocycles. The van der Waals surface area contributed by atoms with E-state index in [0.29, 0.717) is 0 Å². The van der Waals surface area contributed by atoms with Gasteiger partial charge >= 0.3 is 0 Å². The van der Waals surface area contributed by atoms with E-state index in [1.165, 1.54) is 17.2 Å². The van der Waals surface area contributed by atoms with Gasteiger partial charge in [0.1, 0.15) is 5.01 Å². The first kappa shape index (κ1) is 11.0. The predicted octanol–water partition coefficient (Wildman–Crippen LogP) is 2.29. The Labute approximate surface area is 88.2 Å². The number of hydrogen-bond donors (Lipinski definition) is 1. The van der Waals surface area contributed by atoms with Crippen LogP contribution >= 0.6 is 23.1 Å². The van der Waals surface area contributed by atoms with Crippen molar-refractivity contribution >= 4 is 23.1 Å². The summed E-state index contributed by atoms with van der Waals surface area (Å²) in [6, 6.07) is 0. The molecule has 0 spiro atoms. The van der Waals surface area contributed by atoms with Gasteiger partial charge in [-0.3, -0.25) is 0 Å². The van der Waals surface area contributed by atoms with Crippen molar-refractivity contribution in [3.8, 4) is 0 Å². The number of rotatable bonds is 6. The Hall–Kier alpha value is -0.0600. The Morgan fingerprint density at radius 2 is 2.46 bits per heavy atom. The van der Waals surface area contributed by atoms with Crippen molar-refractivity contribution in [1.82, 2.24) is 10.3 Å². The zero-order chi connectivity index (χ0) is 9.52. The van der Waals surface area contributed by atoms with Gasteiger partial charge in [-0.1, -0.05) is 0 Å². The first-order valence-electron chi connectivity index (χ1n) is 4.43. The molecule has 1 N–H and O–H groups in total. The fourth-order valence-electron chi connectivity index (χ4n) is 1.02. The number of hydrogen-bond acceptors (Lipinski definition) is 4. The van der Waals surface area contributed by atoms with Gasteiger partial charge in [-0.25, -0.2) is 4.98 Å². The van der Waals surface area contributed by atoms with E-state index in [1.807, 2.05) is 18.7 Å². The van der Waals surface area contributed by atoms with Crippen LogP contribution in [0.3, 0.4) is 0 Å². The molecule has 0 aliphatic heterocycles. The van der Waals surface area contributed by atoms with Crippen molar-refractivity contribution in [2.75, 3.05) is 18.6 Å². The quantitative estimate of drug-likeness (QED) is 0.739. The SMILES string of the molecule is CSCCCNCc1nc(C)cs1. The second-order valence-electron chi connectivity index (χ2n) is 2.91. The minimum Gasteiger partial charge on any atom is -0.310 e. The summed E-state index contributed by atoms with van der Waals surface area (Å²) in [6.07, 6.45) is 3.38. The molecular weight excluding hydrogens is 200 g/mol. The highest BCUT2D eigenvalue weighted by atomic mass is 32.2. The van der Waals surface area contributed by atoms with Crippen LogP contribution in [0.2, 0.25) is 0 Å². The molecule has 1 aromatic heterocycles. The molecule has 2 nitrogen and oxygen atoms in total. The zero-order valence-electron chi connectivity index (χ0n) is 8.17. The molecule has 0 amide bonds. The van der Waals surface area contributed by atoms with Crippen molar-refractivity contribution in [1.29, 1.82) is 0 Å². The lowest BCUT2D eigenvalue weighted by molar-refractivity contribution is 0.675. The third-order valence-electron chi connectivity index (χ3n) is 1.64. The van der Waals surface area contributed by atoms with Gasteiger partial charge in [-0.2, -0.15) is 11.8 Å². The van der Waals surface area contributed by atoms with Crippen LogP contribution in [-0.2, 0) is 6.54 Å². The summed E-state index contributed by atoms with van der Waals surface area (Å²) in [5.41, 5.74) is 1.13. The van der Waals surface area contributed by atoms with E-state index in [2.05, 4.69) is 21.9 Å². The molecule has 0 fully saturated rings. The summed E-state index contributed by atoms with van der Waals surface area (Å²) in [7, 11) is 0. The largest absolute Gasteiger partial charge is 0.310 e. The molecule has 0 aromatic carbocycles. The maximum Gasteiger partial charge on any atom is 0.107 e. The Balaban J connectivity index is 2.06. The molecule has 0 unspecified atom stereocenters. The molecule has 0 atom stereocenters. The highest BCUT2D eigenvalue weighted by molar-refractivity contribution is 7.98. The smallest absolute Gasteiger partial charge is 0.107 e. The van der Waals surface area contributed by atoms with Crippen LogP contribution in [0.1, 0.15) is 17.1 Å². The third kappa shape index (κ3) is 4.64. The summed E-state index contributed by atoms with van der Waals surface area (Å²) in [6.45, 7) is 4.06. The lowest BCUT2D eigenvalue weighted by atomic mass is 10.5. The number of thioether (sulfide) groups is 1. The van der Waals surface area contributed by atoms with Crippen molar-refractivity contribution in [3.63, 3.8) is 0 Å². The third-order valence-corrected chi connectivity index (χ3v) is 3.31. The van der Waals surface area contributed by atoms with Gasteiger partial charge in [0.2, 0.25) is 0 Å². The van der Waals surface area contributed by atoms with Crippen LogP contribution in [0.5, 0.6) is 0 Å². The molecule has 0 aliphatic rings.